The van der Waals surface area contributed by atoms with Crippen LogP contribution in [0, 0.1) is 0 Å². The van der Waals surface area contributed by atoms with Gasteiger partial charge in [0.25, 0.3) is 0 Å². The van der Waals surface area contributed by atoms with Crippen molar-refractivity contribution in [2.45, 2.75) is 5.16 Å². The van der Waals surface area contributed by atoms with E-state index in [2.05, 4.69) is 20.5 Å². The lowest BCUT2D eigenvalue weighted by molar-refractivity contribution is -0.113. The summed E-state index contributed by atoms with van der Waals surface area (Å²) in [6.07, 6.45) is 1.93. The Morgan fingerprint density at radius 1 is 1.17 bits per heavy atom. The van der Waals surface area contributed by atoms with Crippen molar-refractivity contribution < 1.29 is 14.3 Å². The number of H-pyrrole nitrogens is 1. The van der Waals surface area contributed by atoms with Crippen LogP contribution in [0.3, 0.4) is 0 Å². The van der Waals surface area contributed by atoms with Crippen molar-refractivity contribution in [2.24, 2.45) is 7.05 Å². The number of aromatic amines is 1. The molecule has 0 unspecified atom stereocenters. The maximum atomic E-state index is 12.4. The van der Waals surface area contributed by atoms with Gasteiger partial charge in [-0.3, -0.25) is 4.79 Å². The Hall–Kier alpha value is -3.46. The van der Waals surface area contributed by atoms with E-state index in [1.165, 1.54) is 11.8 Å². The number of hydrogen-bond donors (Lipinski definition) is 2. The monoisotopic (exact) mass is 421 g/mol. The van der Waals surface area contributed by atoms with Crippen molar-refractivity contribution in [3.05, 3.63) is 48.7 Å². The average Bonchev–Trinajstić information content (AvgIpc) is 3.35. The molecule has 30 heavy (non-hydrogen) atoms. The number of amides is 1. The number of nitrogens with zero attached hydrogens (tertiary/aromatic N) is 3. The molecule has 8 nitrogen and oxygen atoms in total. The summed E-state index contributed by atoms with van der Waals surface area (Å²) in [6.45, 7) is 1.04. The molecule has 2 aromatic heterocycles. The second kappa shape index (κ2) is 7.75. The number of ether oxygens (including phenoxy) is 2. The highest BCUT2D eigenvalue weighted by atomic mass is 32.2. The summed E-state index contributed by atoms with van der Waals surface area (Å²) < 4.78 is 13.0. The number of hydrogen-bond acceptors (Lipinski definition) is 6. The van der Waals surface area contributed by atoms with Crippen LogP contribution in [0.4, 0.5) is 5.69 Å². The first-order valence-corrected chi connectivity index (χ1v) is 10.5. The third kappa shape index (κ3) is 3.48. The number of aromatic nitrogens is 4. The molecular weight excluding hydrogens is 402 g/mol. The zero-order valence-corrected chi connectivity index (χ0v) is 17.0. The summed E-state index contributed by atoms with van der Waals surface area (Å²) in [5.41, 5.74) is 2.69. The van der Waals surface area contributed by atoms with Gasteiger partial charge in [0.05, 0.1) is 5.75 Å². The third-order valence-electron chi connectivity index (χ3n) is 4.82. The molecule has 4 aromatic rings. The predicted molar refractivity (Wildman–Crippen MR) is 115 cm³/mol. The molecule has 0 radical (unpaired) electrons. The molecular formula is C21H19N5O3S. The topological polar surface area (TPSA) is 94.1 Å². The van der Waals surface area contributed by atoms with Crippen LogP contribution >= 0.6 is 11.8 Å². The van der Waals surface area contributed by atoms with Crippen LogP contribution in [0.15, 0.2) is 53.8 Å². The molecule has 152 valence electrons. The zero-order valence-electron chi connectivity index (χ0n) is 16.2. The molecule has 9 heteroatoms. The first kappa shape index (κ1) is 18.6. The SMILES string of the molecule is Cn1c(SCC(=O)Nc2ccc3c(c2)OCCO3)nnc1-c1c[nH]c2ccccc12. The van der Waals surface area contributed by atoms with Gasteiger partial charge < -0.3 is 24.3 Å². The Bertz CT molecular complexity index is 1230. The molecule has 3 heterocycles. The molecule has 2 aromatic carbocycles. The molecule has 0 fully saturated rings. The number of carbonyl (C=O) groups is 1. The molecule has 5 rings (SSSR count). The highest BCUT2D eigenvalue weighted by Gasteiger charge is 2.17. The predicted octanol–water partition coefficient (Wildman–Crippen LogP) is 3.47. The van der Waals surface area contributed by atoms with E-state index in [9.17, 15) is 4.79 Å². The van der Waals surface area contributed by atoms with Crippen LogP contribution in [0.5, 0.6) is 11.5 Å². The van der Waals surface area contributed by atoms with E-state index in [-0.39, 0.29) is 11.7 Å². The minimum Gasteiger partial charge on any atom is -0.486 e. The first-order valence-electron chi connectivity index (χ1n) is 9.47. The Morgan fingerprint density at radius 2 is 2.00 bits per heavy atom. The summed E-state index contributed by atoms with van der Waals surface area (Å²) in [7, 11) is 1.90. The van der Waals surface area contributed by atoms with Crippen LogP contribution in [0.25, 0.3) is 22.3 Å². The van der Waals surface area contributed by atoms with Gasteiger partial charge in [-0.15, -0.1) is 10.2 Å². The van der Waals surface area contributed by atoms with E-state index >= 15 is 0 Å². The van der Waals surface area contributed by atoms with Gasteiger partial charge in [0.1, 0.15) is 13.2 Å². The molecule has 0 atom stereocenters. The molecule has 2 N–H and O–H groups in total. The maximum absolute atomic E-state index is 12.4. The van der Waals surface area contributed by atoms with Crippen LogP contribution in [0.2, 0.25) is 0 Å². The number of rotatable bonds is 5. The third-order valence-corrected chi connectivity index (χ3v) is 5.84. The van der Waals surface area contributed by atoms with Gasteiger partial charge in [-0.2, -0.15) is 0 Å². The number of thioether (sulfide) groups is 1. The quantitative estimate of drug-likeness (QED) is 0.479. The molecule has 0 aliphatic carbocycles. The lowest BCUT2D eigenvalue weighted by Gasteiger charge is -2.18. The largest absolute Gasteiger partial charge is 0.486 e. The van der Waals surface area contributed by atoms with E-state index in [1.807, 2.05) is 42.1 Å². The molecule has 0 bridgehead atoms. The molecule has 1 amide bonds. The minimum absolute atomic E-state index is 0.131. The van der Waals surface area contributed by atoms with Gasteiger partial charge in [-0.05, 0) is 18.2 Å². The Labute approximate surface area is 176 Å². The van der Waals surface area contributed by atoms with Crippen molar-refractivity contribution in [3.8, 4) is 22.9 Å². The molecule has 0 saturated heterocycles. The fourth-order valence-electron chi connectivity index (χ4n) is 3.38. The number of para-hydroxylation sites is 1. The Morgan fingerprint density at radius 3 is 2.90 bits per heavy atom. The second-order valence-corrected chi connectivity index (χ2v) is 7.75. The fourth-order valence-corrected chi connectivity index (χ4v) is 4.09. The number of benzene rings is 2. The second-order valence-electron chi connectivity index (χ2n) is 6.81. The van der Waals surface area contributed by atoms with E-state index in [4.69, 9.17) is 9.47 Å². The van der Waals surface area contributed by atoms with E-state index < -0.39 is 0 Å². The van der Waals surface area contributed by atoms with Gasteiger partial charge >= 0.3 is 0 Å². The maximum Gasteiger partial charge on any atom is 0.234 e. The zero-order chi connectivity index (χ0) is 20.5. The van der Waals surface area contributed by atoms with E-state index in [0.717, 1.165) is 22.3 Å². The smallest absolute Gasteiger partial charge is 0.234 e. The van der Waals surface area contributed by atoms with Crippen LogP contribution < -0.4 is 14.8 Å². The summed E-state index contributed by atoms with van der Waals surface area (Å²) in [5, 5.41) is 13.2. The molecule has 0 spiro atoms. The van der Waals surface area contributed by atoms with Crippen molar-refractivity contribution in [3.63, 3.8) is 0 Å². The number of nitrogens with one attached hydrogen (secondary N) is 2. The van der Waals surface area contributed by atoms with Gasteiger partial charge in [-0.25, -0.2) is 0 Å². The Balaban J connectivity index is 1.26. The normalized spacial score (nSPS) is 12.8. The van der Waals surface area contributed by atoms with Crippen molar-refractivity contribution in [2.75, 3.05) is 24.3 Å². The van der Waals surface area contributed by atoms with Gasteiger partial charge in [-0.1, -0.05) is 30.0 Å². The van der Waals surface area contributed by atoms with Crippen molar-refractivity contribution >= 4 is 34.3 Å². The molecule has 1 aliphatic rings. The van der Waals surface area contributed by atoms with E-state index in [1.54, 1.807) is 18.2 Å². The van der Waals surface area contributed by atoms with Crippen molar-refractivity contribution in [1.29, 1.82) is 0 Å². The number of carbonyl (C=O) groups excluding carboxylic acids is 1. The van der Waals surface area contributed by atoms with Crippen LogP contribution in [0.1, 0.15) is 0 Å². The van der Waals surface area contributed by atoms with E-state index in [0.29, 0.717) is 35.6 Å². The average molecular weight is 421 g/mol. The fraction of sp³-hybridized carbons (Fsp3) is 0.190. The Kier molecular flexibility index (Phi) is 4.80. The summed E-state index contributed by atoms with van der Waals surface area (Å²) in [4.78, 5) is 15.7. The number of fused-ring (bicyclic) bond motifs is 2. The highest BCUT2D eigenvalue weighted by Crippen LogP contribution is 2.33. The van der Waals surface area contributed by atoms with Gasteiger partial charge in [0.15, 0.2) is 22.5 Å². The summed E-state index contributed by atoms with van der Waals surface area (Å²) >= 11 is 1.34. The van der Waals surface area contributed by atoms with Gasteiger partial charge in [0.2, 0.25) is 5.91 Å². The standard InChI is InChI=1S/C21H19N5O3S/c1-26-20(15-11-22-16-5-3-2-4-14(15)16)24-25-21(26)30-12-19(27)23-13-6-7-17-18(10-13)29-9-8-28-17/h2-7,10-11,22H,8-9,12H2,1H3,(H,23,27). The van der Waals surface area contributed by atoms with Crippen LogP contribution in [-0.4, -0.2) is 44.6 Å². The minimum atomic E-state index is -0.131. The molecule has 0 saturated carbocycles. The summed E-state index contributed by atoms with van der Waals surface area (Å²) in [6, 6.07) is 13.4. The van der Waals surface area contributed by atoms with Crippen LogP contribution in [-0.2, 0) is 11.8 Å². The van der Waals surface area contributed by atoms with Gasteiger partial charge in [0, 0.05) is 41.5 Å². The lowest BCUT2D eigenvalue weighted by atomic mass is 10.1. The molecule has 1 aliphatic heterocycles. The number of anilines is 1. The lowest BCUT2D eigenvalue weighted by Crippen LogP contribution is -2.17. The summed E-state index contributed by atoms with van der Waals surface area (Å²) in [5.74, 6) is 2.17. The first-order chi connectivity index (χ1) is 14.7. The highest BCUT2D eigenvalue weighted by molar-refractivity contribution is 7.99. The van der Waals surface area contributed by atoms with Crippen molar-refractivity contribution in [1.82, 2.24) is 19.7 Å².